The molecule has 21 heavy (non-hydrogen) atoms. The van der Waals surface area contributed by atoms with Gasteiger partial charge in [0.2, 0.25) is 10.0 Å². The molecular weight excluding hydrogens is 315 g/mol. The van der Waals surface area contributed by atoms with Crippen molar-refractivity contribution in [2.24, 2.45) is 17.1 Å². The topological polar surface area (TPSA) is 72.2 Å². The minimum absolute atomic E-state index is 0.0963. The van der Waals surface area contributed by atoms with Crippen LogP contribution in [0.25, 0.3) is 0 Å². The lowest BCUT2D eigenvalue weighted by Crippen LogP contribution is -2.32. The number of rotatable bonds is 6. The molecule has 0 spiro atoms. The molecule has 3 N–H and O–H groups in total. The number of nitrogens with two attached hydrogens (primary N) is 1. The van der Waals surface area contributed by atoms with E-state index >= 15 is 0 Å². The first-order valence-electron chi connectivity index (χ1n) is 7.06. The predicted molar refractivity (Wildman–Crippen MR) is 78.9 cm³/mol. The summed E-state index contributed by atoms with van der Waals surface area (Å²) < 4.78 is 41.4. The Balaban J connectivity index is 1.83. The van der Waals surface area contributed by atoms with Crippen molar-refractivity contribution in [3.05, 3.63) is 28.5 Å². The van der Waals surface area contributed by atoms with Gasteiger partial charge in [-0.15, -0.1) is 0 Å². The van der Waals surface area contributed by atoms with Crippen LogP contribution in [0.2, 0.25) is 5.02 Å². The zero-order valence-electron chi connectivity index (χ0n) is 11.5. The molecule has 2 fully saturated rings. The Hall–Kier alpha value is -0.690. The molecule has 1 aromatic carbocycles. The highest BCUT2D eigenvalue weighted by atomic mass is 35.5. The highest BCUT2D eigenvalue weighted by molar-refractivity contribution is 7.89. The fourth-order valence-corrected chi connectivity index (χ4v) is 4.45. The van der Waals surface area contributed by atoms with E-state index in [4.69, 9.17) is 17.3 Å². The molecule has 0 unspecified atom stereocenters. The van der Waals surface area contributed by atoms with Crippen LogP contribution in [-0.4, -0.2) is 15.0 Å². The van der Waals surface area contributed by atoms with Gasteiger partial charge in [-0.3, -0.25) is 0 Å². The summed E-state index contributed by atoms with van der Waals surface area (Å²) in [5.41, 5.74) is 5.63. The van der Waals surface area contributed by atoms with Gasteiger partial charge in [0.05, 0.1) is 0 Å². The molecule has 2 aliphatic carbocycles. The van der Waals surface area contributed by atoms with Gasteiger partial charge in [-0.1, -0.05) is 11.6 Å². The number of hydrogen-bond acceptors (Lipinski definition) is 3. The quantitative estimate of drug-likeness (QED) is 0.840. The minimum atomic E-state index is -3.91. The molecule has 0 amide bonds. The molecular formula is C14H18ClFN2O2S. The summed E-state index contributed by atoms with van der Waals surface area (Å²) in [5, 5.41) is 0.167. The van der Waals surface area contributed by atoms with Crippen LogP contribution in [0.5, 0.6) is 0 Å². The van der Waals surface area contributed by atoms with Gasteiger partial charge in [-0.05, 0) is 49.1 Å². The standard InChI is InChI=1S/C14H18ClFN2O2S/c15-11-5-9(7-17)13(16)12(6-11)21(19,20)18-8-14(3-4-14)10-1-2-10/h5-6,10,18H,1-4,7-8,17H2. The number of hydrogen-bond donors (Lipinski definition) is 2. The minimum Gasteiger partial charge on any atom is -0.326 e. The van der Waals surface area contributed by atoms with Gasteiger partial charge in [-0.25, -0.2) is 17.5 Å². The second-order valence-electron chi connectivity index (χ2n) is 6.04. The van der Waals surface area contributed by atoms with Gasteiger partial charge in [0.15, 0.2) is 0 Å². The summed E-state index contributed by atoms with van der Waals surface area (Å²) in [6.45, 7) is 0.283. The van der Waals surface area contributed by atoms with Crippen LogP contribution in [0.1, 0.15) is 31.2 Å². The smallest absolute Gasteiger partial charge is 0.243 e. The van der Waals surface area contributed by atoms with E-state index in [-0.39, 0.29) is 22.5 Å². The lowest BCUT2D eigenvalue weighted by molar-refractivity contribution is 0.431. The van der Waals surface area contributed by atoms with E-state index in [1.165, 1.54) is 18.9 Å². The van der Waals surface area contributed by atoms with Crippen molar-refractivity contribution in [2.45, 2.75) is 37.1 Å². The van der Waals surface area contributed by atoms with Crippen molar-refractivity contribution in [3.63, 3.8) is 0 Å². The normalized spacial score (nSPS) is 20.5. The molecule has 2 aliphatic rings. The third-order valence-corrected chi connectivity index (χ3v) is 6.16. The molecule has 0 aliphatic heterocycles. The first-order chi connectivity index (χ1) is 9.88. The molecule has 0 aromatic heterocycles. The van der Waals surface area contributed by atoms with Crippen molar-refractivity contribution >= 4 is 21.6 Å². The lowest BCUT2D eigenvalue weighted by atomic mass is 10.0. The van der Waals surface area contributed by atoms with Crippen LogP contribution < -0.4 is 10.5 Å². The van der Waals surface area contributed by atoms with Crippen molar-refractivity contribution in [1.82, 2.24) is 4.72 Å². The number of sulfonamides is 1. The Morgan fingerprint density at radius 3 is 2.57 bits per heavy atom. The monoisotopic (exact) mass is 332 g/mol. The first-order valence-corrected chi connectivity index (χ1v) is 8.92. The molecule has 7 heteroatoms. The lowest BCUT2D eigenvalue weighted by Gasteiger charge is -2.16. The third kappa shape index (κ3) is 2.95. The zero-order chi connectivity index (χ0) is 15.3. The maximum Gasteiger partial charge on any atom is 0.243 e. The fourth-order valence-electron chi connectivity index (χ4n) is 2.86. The number of nitrogens with one attached hydrogen (secondary N) is 1. The molecule has 0 atom stereocenters. The van der Waals surface area contributed by atoms with Crippen LogP contribution in [0.15, 0.2) is 17.0 Å². The van der Waals surface area contributed by atoms with Crippen molar-refractivity contribution in [2.75, 3.05) is 6.54 Å². The van der Waals surface area contributed by atoms with E-state index in [1.807, 2.05) is 0 Å². The summed E-state index contributed by atoms with van der Waals surface area (Å²) >= 11 is 5.86. The second kappa shape index (κ2) is 5.19. The maximum atomic E-state index is 14.2. The molecule has 1 aromatic rings. The number of halogens is 2. The molecule has 2 saturated carbocycles. The van der Waals surface area contributed by atoms with Crippen LogP contribution in [0.3, 0.4) is 0 Å². The SMILES string of the molecule is NCc1cc(Cl)cc(S(=O)(=O)NCC2(C3CC3)CC2)c1F. The second-order valence-corrected chi connectivity index (χ2v) is 8.21. The van der Waals surface area contributed by atoms with E-state index in [2.05, 4.69) is 4.72 Å². The maximum absolute atomic E-state index is 14.2. The van der Waals surface area contributed by atoms with E-state index < -0.39 is 20.7 Å². The molecule has 4 nitrogen and oxygen atoms in total. The molecule has 3 rings (SSSR count). The summed E-state index contributed by atoms with van der Waals surface area (Å²) in [6, 6.07) is 2.48. The van der Waals surface area contributed by atoms with Gasteiger partial charge in [0.1, 0.15) is 10.7 Å². The van der Waals surface area contributed by atoms with Gasteiger partial charge in [-0.2, -0.15) is 0 Å². The van der Waals surface area contributed by atoms with Crippen LogP contribution in [0.4, 0.5) is 4.39 Å². The van der Waals surface area contributed by atoms with Gasteiger partial charge < -0.3 is 5.73 Å². The molecule has 0 bridgehead atoms. The summed E-state index contributed by atoms with van der Waals surface area (Å²) in [7, 11) is -3.91. The Labute approximate surface area is 128 Å². The van der Waals surface area contributed by atoms with Crippen LogP contribution in [0, 0.1) is 17.2 Å². The molecule has 0 heterocycles. The Morgan fingerprint density at radius 1 is 1.38 bits per heavy atom. The fraction of sp³-hybridized carbons (Fsp3) is 0.571. The first kappa shape index (κ1) is 15.2. The average Bonchev–Trinajstić information content (AvgIpc) is 3.30. The van der Waals surface area contributed by atoms with E-state index in [0.717, 1.165) is 18.9 Å². The van der Waals surface area contributed by atoms with E-state index in [0.29, 0.717) is 12.5 Å². The molecule has 0 saturated heterocycles. The zero-order valence-corrected chi connectivity index (χ0v) is 13.1. The predicted octanol–water partition coefficient (Wildman–Crippen LogP) is 2.41. The summed E-state index contributed by atoms with van der Waals surface area (Å²) in [6.07, 6.45) is 4.44. The summed E-state index contributed by atoms with van der Waals surface area (Å²) in [5.74, 6) is -0.185. The highest BCUT2D eigenvalue weighted by Crippen LogP contribution is 2.60. The Kier molecular flexibility index (Phi) is 3.76. The average molecular weight is 333 g/mol. The number of benzene rings is 1. The Morgan fingerprint density at radius 2 is 2.05 bits per heavy atom. The van der Waals surface area contributed by atoms with Crippen LogP contribution >= 0.6 is 11.6 Å². The van der Waals surface area contributed by atoms with Crippen molar-refractivity contribution < 1.29 is 12.8 Å². The van der Waals surface area contributed by atoms with Gasteiger partial charge in [0.25, 0.3) is 0 Å². The highest BCUT2D eigenvalue weighted by Gasteiger charge is 2.53. The largest absolute Gasteiger partial charge is 0.326 e. The van der Waals surface area contributed by atoms with Crippen molar-refractivity contribution in [3.8, 4) is 0 Å². The Bertz CT molecular complexity index is 670. The molecule has 0 radical (unpaired) electrons. The van der Waals surface area contributed by atoms with Gasteiger partial charge in [0, 0.05) is 23.7 Å². The van der Waals surface area contributed by atoms with E-state index in [1.54, 1.807) is 0 Å². The third-order valence-electron chi connectivity index (χ3n) is 4.54. The van der Waals surface area contributed by atoms with Crippen molar-refractivity contribution in [1.29, 1.82) is 0 Å². The van der Waals surface area contributed by atoms with Gasteiger partial charge >= 0.3 is 0 Å². The van der Waals surface area contributed by atoms with Crippen LogP contribution in [-0.2, 0) is 16.6 Å². The summed E-state index contributed by atoms with van der Waals surface area (Å²) in [4.78, 5) is -0.415. The molecule has 116 valence electrons. The van der Waals surface area contributed by atoms with E-state index in [9.17, 15) is 12.8 Å².